The standard InChI is InChI=1S/C19H21NO6/c1-23-14-7-5-12(6-8-14)15(11-18(21)20-22)13-9-16(24-2)19(26-4)17(10-13)25-3/h5-11,22H,1-4H3,(H,20,21). The third-order valence-corrected chi connectivity index (χ3v) is 3.76. The third-order valence-electron chi connectivity index (χ3n) is 3.76. The minimum Gasteiger partial charge on any atom is -0.497 e. The fourth-order valence-corrected chi connectivity index (χ4v) is 2.50. The maximum absolute atomic E-state index is 11.8. The summed E-state index contributed by atoms with van der Waals surface area (Å²) in [5.74, 6) is 1.37. The molecular formula is C19H21NO6. The van der Waals surface area contributed by atoms with Crippen LogP contribution in [0.3, 0.4) is 0 Å². The summed E-state index contributed by atoms with van der Waals surface area (Å²) >= 11 is 0. The Hall–Kier alpha value is -3.19. The van der Waals surface area contributed by atoms with Gasteiger partial charge in [-0.2, -0.15) is 0 Å². The highest BCUT2D eigenvalue weighted by atomic mass is 16.5. The zero-order valence-corrected chi connectivity index (χ0v) is 15.0. The molecule has 0 saturated carbocycles. The van der Waals surface area contributed by atoms with Gasteiger partial charge < -0.3 is 18.9 Å². The van der Waals surface area contributed by atoms with E-state index in [2.05, 4.69) is 0 Å². The molecule has 0 radical (unpaired) electrons. The van der Waals surface area contributed by atoms with Crippen molar-refractivity contribution in [3.05, 3.63) is 53.6 Å². The molecule has 0 atom stereocenters. The number of amides is 1. The Bertz CT molecular complexity index is 773. The van der Waals surface area contributed by atoms with E-state index in [0.717, 1.165) is 5.56 Å². The lowest BCUT2D eigenvalue weighted by molar-refractivity contribution is -0.124. The number of benzene rings is 2. The Balaban J connectivity index is 2.65. The normalized spacial score (nSPS) is 10.9. The fraction of sp³-hybridized carbons (Fsp3) is 0.211. The van der Waals surface area contributed by atoms with Crippen LogP contribution in [-0.4, -0.2) is 39.6 Å². The lowest BCUT2D eigenvalue weighted by Crippen LogP contribution is -2.16. The quantitative estimate of drug-likeness (QED) is 0.449. The number of hydrogen-bond acceptors (Lipinski definition) is 6. The van der Waals surface area contributed by atoms with Gasteiger partial charge in [-0.1, -0.05) is 12.1 Å². The van der Waals surface area contributed by atoms with Gasteiger partial charge in [-0.05, 0) is 41.0 Å². The molecule has 0 fully saturated rings. The minimum atomic E-state index is -0.662. The molecule has 0 spiro atoms. The number of nitrogens with one attached hydrogen (secondary N) is 1. The van der Waals surface area contributed by atoms with E-state index in [1.807, 2.05) is 0 Å². The molecule has 26 heavy (non-hydrogen) atoms. The van der Waals surface area contributed by atoms with Crippen LogP contribution in [0.2, 0.25) is 0 Å². The van der Waals surface area contributed by atoms with Crippen LogP contribution in [0.15, 0.2) is 42.5 Å². The SMILES string of the molecule is COc1ccc(C(=CC(=O)NO)c2cc(OC)c(OC)c(OC)c2)cc1. The van der Waals surface area contributed by atoms with E-state index in [4.69, 9.17) is 24.2 Å². The van der Waals surface area contributed by atoms with Crippen molar-refractivity contribution < 1.29 is 28.9 Å². The maximum atomic E-state index is 11.8. The molecule has 0 aliphatic heterocycles. The summed E-state index contributed by atoms with van der Waals surface area (Å²) in [5, 5.41) is 8.91. The highest BCUT2D eigenvalue weighted by Crippen LogP contribution is 2.41. The van der Waals surface area contributed by atoms with Crippen molar-refractivity contribution in [2.75, 3.05) is 28.4 Å². The monoisotopic (exact) mass is 359 g/mol. The molecule has 0 aromatic heterocycles. The second-order valence-corrected chi connectivity index (χ2v) is 5.18. The first-order valence-corrected chi connectivity index (χ1v) is 7.68. The summed E-state index contributed by atoms with van der Waals surface area (Å²) in [5.41, 5.74) is 3.55. The minimum absolute atomic E-state index is 0.444. The van der Waals surface area contributed by atoms with Crippen molar-refractivity contribution >= 4 is 11.5 Å². The maximum Gasteiger partial charge on any atom is 0.267 e. The molecule has 0 aliphatic rings. The van der Waals surface area contributed by atoms with Crippen LogP contribution in [-0.2, 0) is 4.79 Å². The van der Waals surface area contributed by atoms with Crippen molar-refractivity contribution in [2.45, 2.75) is 0 Å². The summed E-state index contributed by atoms with van der Waals surface area (Å²) in [6, 6.07) is 10.6. The van der Waals surface area contributed by atoms with Crippen molar-refractivity contribution in [1.29, 1.82) is 0 Å². The van der Waals surface area contributed by atoms with E-state index in [1.165, 1.54) is 27.4 Å². The van der Waals surface area contributed by atoms with Crippen LogP contribution >= 0.6 is 0 Å². The number of carbonyl (C=O) groups is 1. The average Bonchev–Trinajstić information content (AvgIpc) is 2.70. The van der Waals surface area contributed by atoms with Crippen LogP contribution in [0.25, 0.3) is 5.57 Å². The van der Waals surface area contributed by atoms with Gasteiger partial charge in [0.15, 0.2) is 11.5 Å². The van der Waals surface area contributed by atoms with E-state index in [1.54, 1.807) is 49.0 Å². The average molecular weight is 359 g/mol. The fourth-order valence-electron chi connectivity index (χ4n) is 2.50. The van der Waals surface area contributed by atoms with Crippen LogP contribution < -0.4 is 24.4 Å². The number of carbonyl (C=O) groups excluding carboxylic acids is 1. The Morgan fingerprint density at radius 2 is 1.46 bits per heavy atom. The van der Waals surface area contributed by atoms with Crippen molar-refractivity contribution in [1.82, 2.24) is 5.48 Å². The van der Waals surface area contributed by atoms with Gasteiger partial charge in [0.2, 0.25) is 5.75 Å². The second-order valence-electron chi connectivity index (χ2n) is 5.18. The summed E-state index contributed by atoms with van der Waals surface area (Å²) in [7, 11) is 6.11. The van der Waals surface area contributed by atoms with Gasteiger partial charge in [-0.15, -0.1) is 0 Å². The molecular weight excluding hydrogens is 338 g/mol. The predicted molar refractivity (Wildman–Crippen MR) is 96.1 cm³/mol. The van der Waals surface area contributed by atoms with Gasteiger partial charge in [0, 0.05) is 6.08 Å². The van der Waals surface area contributed by atoms with E-state index in [9.17, 15) is 4.79 Å². The van der Waals surface area contributed by atoms with Gasteiger partial charge in [0.25, 0.3) is 5.91 Å². The lowest BCUT2D eigenvalue weighted by Gasteiger charge is -2.16. The summed E-state index contributed by atoms with van der Waals surface area (Å²) in [6.07, 6.45) is 1.28. The molecule has 138 valence electrons. The smallest absolute Gasteiger partial charge is 0.267 e. The molecule has 0 saturated heterocycles. The molecule has 7 heteroatoms. The zero-order chi connectivity index (χ0) is 19.1. The second kappa shape index (κ2) is 8.77. The number of methoxy groups -OCH3 is 4. The van der Waals surface area contributed by atoms with Crippen LogP contribution in [0, 0.1) is 0 Å². The Morgan fingerprint density at radius 1 is 0.885 bits per heavy atom. The summed E-state index contributed by atoms with van der Waals surface area (Å²) < 4.78 is 21.2. The first-order valence-electron chi connectivity index (χ1n) is 7.68. The number of hydroxylamine groups is 1. The van der Waals surface area contributed by atoms with Crippen LogP contribution in [0.5, 0.6) is 23.0 Å². The molecule has 0 bridgehead atoms. The van der Waals surface area contributed by atoms with Gasteiger partial charge in [0.1, 0.15) is 5.75 Å². The summed E-state index contributed by atoms with van der Waals surface area (Å²) in [4.78, 5) is 11.8. The molecule has 2 aromatic carbocycles. The number of hydrogen-bond donors (Lipinski definition) is 2. The third kappa shape index (κ3) is 4.07. The van der Waals surface area contributed by atoms with E-state index < -0.39 is 5.91 Å². The summed E-state index contributed by atoms with van der Waals surface area (Å²) in [6.45, 7) is 0. The molecule has 0 aliphatic carbocycles. The van der Waals surface area contributed by atoms with Gasteiger partial charge in [-0.25, -0.2) is 5.48 Å². The van der Waals surface area contributed by atoms with Crippen LogP contribution in [0.4, 0.5) is 0 Å². The molecule has 7 nitrogen and oxygen atoms in total. The molecule has 0 heterocycles. The Labute approximate surface area is 151 Å². The van der Waals surface area contributed by atoms with Crippen LogP contribution in [0.1, 0.15) is 11.1 Å². The van der Waals surface area contributed by atoms with E-state index in [0.29, 0.717) is 34.1 Å². The predicted octanol–water partition coefficient (Wildman–Crippen LogP) is 2.66. The first-order chi connectivity index (χ1) is 12.6. The topological polar surface area (TPSA) is 86.3 Å². The zero-order valence-electron chi connectivity index (χ0n) is 15.0. The molecule has 1 amide bonds. The highest BCUT2D eigenvalue weighted by Gasteiger charge is 2.17. The first kappa shape index (κ1) is 19.1. The Morgan fingerprint density at radius 3 is 1.88 bits per heavy atom. The van der Waals surface area contributed by atoms with Crippen molar-refractivity contribution in [2.24, 2.45) is 0 Å². The van der Waals surface area contributed by atoms with Gasteiger partial charge in [-0.3, -0.25) is 10.0 Å². The highest BCUT2D eigenvalue weighted by molar-refractivity contribution is 5.99. The largest absolute Gasteiger partial charge is 0.497 e. The van der Waals surface area contributed by atoms with Crippen molar-refractivity contribution in [3.8, 4) is 23.0 Å². The molecule has 2 N–H and O–H groups in total. The van der Waals surface area contributed by atoms with E-state index >= 15 is 0 Å². The molecule has 0 unspecified atom stereocenters. The van der Waals surface area contributed by atoms with Crippen molar-refractivity contribution in [3.63, 3.8) is 0 Å². The lowest BCUT2D eigenvalue weighted by atomic mass is 9.96. The number of ether oxygens (including phenoxy) is 4. The molecule has 2 rings (SSSR count). The van der Waals surface area contributed by atoms with Gasteiger partial charge in [0.05, 0.1) is 28.4 Å². The number of rotatable bonds is 7. The van der Waals surface area contributed by atoms with E-state index in [-0.39, 0.29) is 0 Å². The molecule has 2 aromatic rings. The van der Waals surface area contributed by atoms with Gasteiger partial charge >= 0.3 is 0 Å². The Kier molecular flexibility index (Phi) is 6.46.